The summed E-state index contributed by atoms with van der Waals surface area (Å²) in [5.41, 5.74) is 0. The molecular formula is C10H22N4O2. The van der Waals surface area contributed by atoms with Gasteiger partial charge in [0.1, 0.15) is 0 Å². The maximum atomic E-state index is 11.2. The number of carbonyl (C=O) groups is 2. The highest BCUT2D eigenvalue weighted by Gasteiger charge is 1.98. The molecule has 0 aromatic heterocycles. The van der Waals surface area contributed by atoms with E-state index in [1.165, 1.54) is 6.92 Å². The Bertz CT molecular complexity index is 219. The largest absolute Gasteiger partial charge is 0.356 e. The van der Waals surface area contributed by atoms with Crippen molar-refractivity contribution in [2.75, 3.05) is 40.3 Å². The summed E-state index contributed by atoms with van der Waals surface area (Å²) in [4.78, 5) is 23.7. The second-order valence-corrected chi connectivity index (χ2v) is 3.82. The first kappa shape index (κ1) is 14.7. The van der Waals surface area contributed by atoms with Crippen LogP contribution in [0.2, 0.25) is 0 Å². The van der Waals surface area contributed by atoms with E-state index in [1.807, 2.05) is 19.0 Å². The van der Waals surface area contributed by atoms with E-state index < -0.39 is 0 Å². The molecule has 0 radical (unpaired) electrons. The van der Waals surface area contributed by atoms with E-state index >= 15 is 0 Å². The number of rotatable bonds is 7. The van der Waals surface area contributed by atoms with Crippen molar-refractivity contribution in [1.82, 2.24) is 20.9 Å². The maximum Gasteiger partial charge on any atom is 0.314 e. The van der Waals surface area contributed by atoms with E-state index in [0.29, 0.717) is 19.6 Å². The quantitative estimate of drug-likeness (QED) is 0.510. The van der Waals surface area contributed by atoms with Gasteiger partial charge in [0.15, 0.2) is 0 Å². The zero-order valence-corrected chi connectivity index (χ0v) is 10.3. The van der Waals surface area contributed by atoms with Crippen molar-refractivity contribution in [2.45, 2.75) is 13.3 Å². The Morgan fingerprint density at radius 3 is 2.12 bits per heavy atom. The lowest BCUT2D eigenvalue weighted by Gasteiger charge is -2.11. The SMILES string of the molecule is CC(=O)NCCCNC(=O)NCCN(C)C. The average molecular weight is 230 g/mol. The third-order valence-electron chi connectivity index (χ3n) is 1.86. The predicted octanol–water partition coefficient (Wildman–Crippen LogP) is -0.627. The molecule has 6 heteroatoms. The summed E-state index contributed by atoms with van der Waals surface area (Å²) in [5.74, 6) is -0.0459. The predicted molar refractivity (Wildman–Crippen MR) is 63.3 cm³/mol. The highest BCUT2D eigenvalue weighted by Crippen LogP contribution is 1.75. The minimum Gasteiger partial charge on any atom is -0.356 e. The highest BCUT2D eigenvalue weighted by molar-refractivity contribution is 5.74. The third kappa shape index (κ3) is 10.8. The van der Waals surface area contributed by atoms with E-state index in [4.69, 9.17) is 0 Å². The molecule has 0 rings (SSSR count). The van der Waals surface area contributed by atoms with Crippen LogP contribution >= 0.6 is 0 Å². The van der Waals surface area contributed by atoms with Crippen LogP contribution in [0.25, 0.3) is 0 Å². The van der Waals surface area contributed by atoms with Crippen molar-refractivity contribution in [1.29, 1.82) is 0 Å². The lowest BCUT2D eigenvalue weighted by molar-refractivity contribution is -0.118. The molecule has 0 unspecified atom stereocenters. The zero-order chi connectivity index (χ0) is 12.4. The zero-order valence-electron chi connectivity index (χ0n) is 10.3. The minimum atomic E-state index is -0.162. The van der Waals surface area contributed by atoms with Crippen molar-refractivity contribution in [3.8, 4) is 0 Å². The van der Waals surface area contributed by atoms with Gasteiger partial charge in [0, 0.05) is 33.1 Å². The van der Waals surface area contributed by atoms with Gasteiger partial charge in [-0.05, 0) is 20.5 Å². The van der Waals surface area contributed by atoms with Crippen LogP contribution in [-0.2, 0) is 4.79 Å². The standard InChI is InChI=1S/C10H22N4O2/c1-9(15)11-5-4-6-12-10(16)13-7-8-14(2)3/h4-8H2,1-3H3,(H,11,15)(H2,12,13,16). The molecule has 0 fully saturated rings. The molecule has 0 aromatic rings. The number of carbonyl (C=O) groups excluding carboxylic acids is 2. The summed E-state index contributed by atoms with van der Waals surface area (Å²) >= 11 is 0. The fourth-order valence-corrected chi connectivity index (χ4v) is 1.01. The first-order valence-corrected chi connectivity index (χ1v) is 5.43. The summed E-state index contributed by atoms with van der Waals surface area (Å²) in [6.45, 7) is 4.08. The highest BCUT2D eigenvalue weighted by atomic mass is 16.2. The molecule has 94 valence electrons. The number of amides is 3. The second-order valence-electron chi connectivity index (χ2n) is 3.82. The van der Waals surface area contributed by atoms with Crippen LogP contribution in [0, 0.1) is 0 Å². The fraction of sp³-hybridized carbons (Fsp3) is 0.800. The van der Waals surface area contributed by atoms with E-state index in [9.17, 15) is 9.59 Å². The van der Waals surface area contributed by atoms with E-state index in [0.717, 1.165) is 13.0 Å². The van der Waals surface area contributed by atoms with Gasteiger partial charge in [-0.1, -0.05) is 0 Å². The molecule has 3 N–H and O–H groups in total. The number of nitrogens with one attached hydrogen (secondary N) is 3. The number of nitrogens with zero attached hydrogens (tertiary/aromatic N) is 1. The Labute approximate surface area is 96.8 Å². The molecule has 0 spiro atoms. The lowest BCUT2D eigenvalue weighted by Crippen LogP contribution is -2.40. The monoisotopic (exact) mass is 230 g/mol. The summed E-state index contributed by atoms with van der Waals surface area (Å²) < 4.78 is 0. The molecule has 0 bridgehead atoms. The molecule has 3 amide bonds. The molecule has 0 aliphatic carbocycles. The molecule has 0 saturated heterocycles. The molecule has 0 saturated carbocycles. The van der Waals surface area contributed by atoms with Crippen molar-refractivity contribution in [3.63, 3.8) is 0 Å². The topological polar surface area (TPSA) is 73.5 Å². The normalized spacial score (nSPS) is 10.0. The van der Waals surface area contributed by atoms with E-state index in [2.05, 4.69) is 16.0 Å². The van der Waals surface area contributed by atoms with Crippen molar-refractivity contribution >= 4 is 11.9 Å². The number of likely N-dealkylation sites (N-methyl/N-ethyl adjacent to an activating group) is 1. The molecule has 0 heterocycles. The van der Waals surface area contributed by atoms with Gasteiger partial charge in [0.2, 0.25) is 5.91 Å². The first-order valence-electron chi connectivity index (χ1n) is 5.43. The van der Waals surface area contributed by atoms with Gasteiger partial charge in [-0.3, -0.25) is 4.79 Å². The average Bonchev–Trinajstić information content (AvgIpc) is 2.16. The summed E-state index contributed by atoms with van der Waals surface area (Å²) in [6.07, 6.45) is 0.737. The van der Waals surface area contributed by atoms with Crippen LogP contribution in [0.4, 0.5) is 4.79 Å². The third-order valence-corrected chi connectivity index (χ3v) is 1.86. The van der Waals surface area contributed by atoms with Crippen LogP contribution in [0.3, 0.4) is 0 Å². The van der Waals surface area contributed by atoms with Crippen molar-refractivity contribution in [2.24, 2.45) is 0 Å². The van der Waals surface area contributed by atoms with Gasteiger partial charge in [-0.2, -0.15) is 0 Å². The molecule has 6 nitrogen and oxygen atoms in total. The summed E-state index contributed by atoms with van der Waals surface area (Å²) in [7, 11) is 3.90. The molecule has 0 aromatic carbocycles. The van der Waals surface area contributed by atoms with Crippen molar-refractivity contribution in [3.05, 3.63) is 0 Å². The van der Waals surface area contributed by atoms with Gasteiger partial charge in [0.05, 0.1) is 0 Å². The minimum absolute atomic E-state index is 0.0459. The number of hydrogen-bond donors (Lipinski definition) is 3. The second kappa shape index (κ2) is 8.96. The molecule has 0 aliphatic rings. The van der Waals surface area contributed by atoms with E-state index in [-0.39, 0.29) is 11.9 Å². The van der Waals surface area contributed by atoms with Crippen LogP contribution in [0.5, 0.6) is 0 Å². The Morgan fingerprint density at radius 1 is 1.00 bits per heavy atom. The van der Waals surface area contributed by atoms with Gasteiger partial charge >= 0.3 is 6.03 Å². The van der Waals surface area contributed by atoms with Crippen LogP contribution in [-0.4, -0.2) is 57.1 Å². The van der Waals surface area contributed by atoms with Gasteiger partial charge < -0.3 is 20.9 Å². The van der Waals surface area contributed by atoms with Crippen LogP contribution in [0.1, 0.15) is 13.3 Å². The smallest absolute Gasteiger partial charge is 0.314 e. The van der Waals surface area contributed by atoms with Crippen LogP contribution in [0.15, 0.2) is 0 Å². The molecule has 0 atom stereocenters. The molecule has 16 heavy (non-hydrogen) atoms. The number of urea groups is 1. The first-order chi connectivity index (χ1) is 7.52. The molecule has 0 aliphatic heterocycles. The Balaban J connectivity index is 3.27. The Kier molecular flexibility index (Phi) is 8.24. The maximum absolute atomic E-state index is 11.2. The Morgan fingerprint density at radius 2 is 1.56 bits per heavy atom. The van der Waals surface area contributed by atoms with E-state index in [1.54, 1.807) is 0 Å². The fourth-order valence-electron chi connectivity index (χ4n) is 1.01. The Hall–Kier alpha value is -1.30. The van der Waals surface area contributed by atoms with Gasteiger partial charge in [0.25, 0.3) is 0 Å². The van der Waals surface area contributed by atoms with Crippen LogP contribution < -0.4 is 16.0 Å². The number of hydrogen-bond acceptors (Lipinski definition) is 3. The molecular weight excluding hydrogens is 208 g/mol. The van der Waals surface area contributed by atoms with Crippen molar-refractivity contribution < 1.29 is 9.59 Å². The summed E-state index contributed by atoms with van der Waals surface area (Å²) in [5, 5.41) is 8.10. The van der Waals surface area contributed by atoms with Gasteiger partial charge in [-0.15, -0.1) is 0 Å². The summed E-state index contributed by atoms with van der Waals surface area (Å²) in [6, 6.07) is -0.162. The lowest BCUT2D eigenvalue weighted by atomic mass is 10.4. The van der Waals surface area contributed by atoms with Gasteiger partial charge in [-0.25, -0.2) is 4.79 Å².